The predicted octanol–water partition coefficient (Wildman–Crippen LogP) is 2.01. The van der Waals surface area contributed by atoms with Crippen LogP contribution in [0, 0.1) is 13.8 Å². The molecule has 1 unspecified atom stereocenters. The first-order valence-electron chi connectivity index (χ1n) is 11.0. The zero-order valence-corrected chi connectivity index (χ0v) is 19.4. The number of hydrogen-bond donors (Lipinski definition) is 3. The fraction of sp³-hybridized carbons (Fsp3) is 0.565. The van der Waals surface area contributed by atoms with E-state index >= 15 is 0 Å². The van der Waals surface area contributed by atoms with Crippen molar-refractivity contribution in [2.45, 2.75) is 39.8 Å². The van der Waals surface area contributed by atoms with Crippen LogP contribution in [0.25, 0.3) is 0 Å². The summed E-state index contributed by atoms with van der Waals surface area (Å²) >= 11 is 0. The molecule has 170 valence electrons. The molecule has 0 aromatic carbocycles. The van der Waals surface area contributed by atoms with Crippen molar-refractivity contribution in [2.24, 2.45) is 4.99 Å². The first-order chi connectivity index (χ1) is 14.8. The molecule has 0 amide bonds. The average Bonchev–Trinajstić information content (AvgIpc) is 3.10. The third-order valence-corrected chi connectivity index (χ3v) is 5.64. The number of pyridine rings is 1. The highest BCUT2D eigenvalue weighted by molar-refractivity contribution is 5.80. The zero-order chi connectivity index (χ0) is 22.4. The largest absolute Gasteiger partial charge is 0.466 e. The normalized spacial score (nSPS) is 17.5. The van der Waals surface area contributed by atoms with Gasteiger partial charge >= 0.3 is 0 Å². The van der Waals surface area contributed by atoms with Gasteiger partial charge in [-0.05, 0) is 46.9 Å². The van der Waals surface area contributed by atoms with E-state index in [1.165, 1.54) is 0 Å². The van der Waals surface area contributed by atoms with Crippen molar-refractivity contribution >= 4 is 11.8 Å². The minimum absolute atomic E-state index is 0.316. The van der Waals surface area contributed by atoms with Gasteiger partial charge in [-0.2, -0.15) is 0 Å². The van der Waals surface area contributed by atoms with Crippen LogP contribution in [-0.2, 0) is 12.1 Å². The Bertz CT molecular complexity index is 884. The maximum atomic E-state index is 11.0. The Kier molecular flexibility index (Phi) is 7.56. The Balaban J connectivity index is 1.70. The van der Waals surface area contributed by atoms with E-state index < -0.39 is 5.60 Å². The summed E-state index contributed by atoms with van der Waals surface area (Å²) in [4.78, 5) is 14.1. The molecule has 2 aromatic heterocycles. The van der Waals surface area contributed by atoms with Gasteiger partial charge in [0, 0.05) is 50.0 Å². The number of furan rings is 1. The lowest BCUT2D eigenvalue weighted by atomic mass is 9.96. The highest BCUT2D eigenvalue weighted by Gasteiger charge is 2.28. The number of hydrogen-bond acceptors (Lipinski definition) is 6. The standard InChI is InChI=1S/C23H36N6O2/c1-6-24-22(27-16-23(4,30)20-14-17(2)31-18(20)3)26-15-19-8-7-9-25-21(19)29-12-10-28(5)11-13-29/h7-9,14,30H,6,10-13,15-16H2,1-5H3,(H2,24,26,27). The van der Waals surface area contributed by atoms with E-state index in [1.54, 1.807) is 6.92 Å². The highest BCUT2D eigenvalue weighted by Crippen LogP contribution is 2.26. The number of aromatic nitrogens is 1. The van der Waals surface area contributed by atoms with Crippen LogP contribution in [-0.4, -0.2) is 67.3 Å². The Morgan fingerprint density at radius 1 is 1.26 bits per heavy atom. The van der Waals surface area contributed by atoms with Crippen LogP contribution in [0.15, 0.2) is 33.8 Å². The number of aryl methyl sites for hydroxylation is 2. The third-order valence-electron chi connectivity index (χ3n) is 5.64. The van der Waals surface area contributed by atoms with Gasteiger partial charge in [0.2, 0.25) is 0 Å². The molecule has 0 radical (unpaired) electrons. The molecule has 0 spiro atoms. The Hall–Kier alpha value is -2.58. The average molecular weight is 429 g/mol. The summed E-state index contributed by atoms with van der Waals surface area (Å²) in [5.41, 5.74) is 0.812. The number of likely N-dealkylation sites (N-methyl/N-ethyl adjacent to an activating group) is 1. The summed E-state index contributed by atoms with van der Waals surface area (Å²) in [6.07, 6.45) is 1.84. The minimum Gasteiger partial charge on any atom is -0.466 e. The van der Waals surface area contributed by atoms with Gasteiger partial charge in [-0.1, -0.05) is 6.07 Å². The van der Waals surface area contributed by atoms with Gasteiger partial charge < -0.3 is 30.0 Å². The summed E-state index contributed by atoms with van der Waals surface area (Å²) in [7, 11) is 2.15. The summed E-state index contributed by atoms with van der Waals surface area (Å²) in [6.45, 7) is 13.1. The molecule has 1 fully saturated rings. The molecule has 3 N–H and O–H groups in total. The quantitative estimate of drug-likeness (QED) is 0.459. The second-order valence-electron chi connectivity index (χ2n) is 8.43. The molecule has 8 heteroatoms. The van der Waals surface area contributed by atoms with Crippen LogP contribution >= 0.6 is 0 Å². The van der Waals surface area contributed by atoms with Gasteiger partial charge in [-0.3, -0.25) is 0 Å². The minimum atomic E-state index is -1.07. The summed E-state index contributed by atoms with van der Waals surface area (Å²) in [5.74, 6) is 3.19. The van der Waals surface area contributed by atoms with Crippen LogP contribution in [0.2, 0.25) is 0 Å². The van der Waals surface area contributed by atoms with E-state index in [1.807, 2.05) is 39.1 Å². The zero-order valence-electron chi connectivity index (χ0n) is 19.4. The first-order valence-corrected chi connectivity index (χ1v) is 11.0. The first kappa shape index (κ1) is 23.1. The molecule has 1 aliphatic heterocycles. The molecule has 3 rings (SSSR count). The predicted molar refractivity (Wildman–Crippen MR) is 125 cm³/mol. The number of aliphatic hydroxyl groups is 1. The van der Waals surface area contributed by atoms with Crippen LogP contribution in [0.5, 0.6) is 0 Å². The number of nitrogens with one attached hydrogen (secondary N) is 2. The number of anilines is 1. The number of guanidine groups is 1. The maximum Gasteiger partial charge on any atom is 0.191 e. The molecule has 3 heterocycles. The Morgan fingerprint density at radius 2 is 2.00 bits per heavy atom. The van der Waals surface area contributed by atoms with Crippen molar-refractivity contribution in [1.29, 1.82) is 0 Å². The second-order valence-corrected chi connectivity index (χ2v) is 8.43. The van der Waals surface area contributed by atoms with Gasteiger partial charge in [0.05, 0.1) is 13.1 Å². The number of rotatable bonds is 7. The molecule has 0 saturated carbocycles. The van der Waals surface area contributed by atoms with E-state index in [0.717, 1.165) is 61.2 Å². The fourth-order valence-corrected chi connectivity index (χ4v) is 3.88. The van der Waals surface area contributed by atoms with Crippen LogP contribution < -0.4 is 15.5 Å². The molecule has 0 aliphatic carbocycles. The summed E-state index contributed by atoms with van der Waals surface area (Å²) in [6, 6.07) is 5.93. The van der Waals surface area contributed by atoms with Gasteiger partial charge in [0.15, 0.2) is 5.96 Å². The lowest BCUT2D eigenvalue weighted by Crippen LogP contribution is -2.45. The van der Waals surface area contributed by atoms with Crippen molar-refractivity contribution in [1.82, 2.24) is 20.5 Å². The molecule has 2 aromatic rings. The Labute approximate surface area is 185 Å². The van der Waals surface area contributed by atoms with Crippen molar-refractivity contribution in [3.8, 4) is 0 Å². The lowest BCUT2D eigenvalue weighted by Gasteiger charge is -2.34. The van der Waals surface area contributed by atoms with Gasteiger partial charge in [0.1, 0.15) is 22.9 Å². The molecular formula is C23H36N6O2. The monoisotopic (exact) mass is 428 g/mol. The molecule has 0 bridgehead atoms. The van der Waals surface area contributed by atoms with Gasteiger partial charge in [-0.15, -0.1) is 0 Å². The van der Waals surface area contributed by atoms with Gasteiger partial charge in [-0.25, -0.2) is 9.98 Å². The number of aliphatic imine (C=N–C) groups is 1. The SMILES string of the molecule is CCNC(=NCc1cccnc1N1CCN(C)CC1)NCC(C)(O)c1cc(C)oc1C. The number of nitrogens with zero attached hydrogens (tertiary/aromatic N) is 4. The van der Waals surface area contributed by atoms with Crippen molar-refractivity contribution in [2.75, 3.05) is 51.2 Å². The van der Waals surface area contributed by atoms with Crippen molar-refractivity contribution in [3.05, 3.63) is 47.0 Å². The van der Waals surface area contributed by atoms with E-state index in [-0.39, 0.29) is 0 Å². The third kappa shape index (κ3) is 5.98. The maximum absolute atomic E-state index is 11.0. The smallest absolute Gasteiger partial charge is 0.191 e. The number of piperazine rings is 1. The van der Waals surface area contributed by atoms with Crippen molar-refractivity contribution in [3.63, 3.8) is 0 Å². The lowest BCUT2D eigenvalue weighted by molar-refractivity contribution is 0.0601. The van der Waals surface area contributed by atoms with Crippen LogP contribution in [0.3, 0.4) is 0 Å². The fourth-order valence-electron chi connectivity index (χ4n) is 3.88. The summed E-state index contributed by atoms with van der Waals surface area (Å²) < 4.78 is 5.59. The topological polar surface area (TPSA) is 89.2 Å². The highest BCUT2D eigenvalue weighted by atomic mass is 16.3. The van der Waals surface area contributed by atoms with Crippen molar-refractivity contribution < 1.29 is 9.52 Å². The molecule has 1 aliphatic rings. The Morgan fingerprint density at radius 3 is 2.65 bits per heavy atom. The van der Waals surface area contributed by atoms with Crippen LogP contribution in [0.4, 0.5) is 5.82 Å². The van der Waals surface area contributed by atoms with Gasteiger partial charge in [0.25, 0.3) is 0 Å². The molecule has 1 atom stereocenters. The van der Waals surface area contributed by atoms with Crippen LogP contribution in [0.1, 0.15) is 36.5 Å². The molecule has 31 heavy (non-hydrogen) atoms. The molecular weight excluding hydrogens is 392 g/mol. The molecule has 1 saturated heterocycles. The second kappa shape index (κ2) is 10.2. The van der Waals surface area contributed by atoms with E-state index in [2.05, 4.69) is 38.5 Å². The van der Waals surface area contributed by atoms with E-state index in [0.29, 0.717) is 19.0 Å². The van der Waals surface area contributed by atoms with E-state index in [9.17, 15) is 5.11 Å². The molecule has 8 nitrogen and oxygen atoms in total. The van der Waals surface area contributed by atoms with E-state index in [4.69, 9.17) is 9.41 Å². The summed E-state index contributed by atoms with van der Waals surface area (Å²) in [5, 5.41) is 17.5.